The number of hydrogen-bond acceptors (Lipinski definition) is 2. The quantitative estimate of drug-likeness (QED) is 0.903. The van der Waals surface area contributed by atoms with E-state index >= 15 is 0 Å². The Morgan fingerprint density at radius 3 is 2.94 bits per heavy atom. The minimum Gasteiger partial charge on any atom is -0.489 e. The summed E-state index contributed by atoms with van der Waals surface area (Å²) in [6.07, 6.45) is 2.36. The van der Waals surface area contributed by atoms with Gasteiger partial charge in [0.05, 0.1) is 0 Å². The van der Waals surface area contributed by atoms with Crippen molar-refractivity contribution >= 4 is 24.0 Å². The van der Waals surface area contributed by atoms with Crippen LogP contribution in [0.3, 0.4) is 0 Å². The Labute approximate surface area is 108 Å². The number of aryl methyl sites for hydroxylation is 1. The first kappa shape index (κ1) is 13.6. The van der Waals surface area contributed by atoms with Crippen LogP contribution in [0.25, 0.3) is 0 Å². The molecular formula is C12H17Cl2NO. The number of nitrogens with one attached hydrogen (secondary N) is 1. The summed E-state index contributed by atoms with van der Waals surface area (Å²) in [5, 5.41) is 4.07. The summed E-state index contributed by atoms with van der Waals surface area (Å²) in [4.78, 5) is 0. The van der Waals surface area contributed by atoms with Gasteiger partial charge in [-0.05, 0) is 43.1 Å². The molecule has 0 bridgehead atoms. The second-order valence-corrected chi connectivity index (χ2v) is 4.27. The molecule has 0 spiro atoms. The van der Waals surface area contributed by atoms with E-state index in [1.54, 1.807) is 0 Å². The second-order valence-electron chi connectivity index (χ2n) is 3.84. The van der Waals surface area contributed by atoms with Crippen molar-refractivity contribution in [3.63, 3.8) is 0 Å². The summed E-state index contributed by atoms with van der Waals surface area (Å²) < 4.78 is 5.93. The number of benzene rings is 1. The predicted molar refractivity (Wildman–Crippen MR) is 70.0 cm³/mol. The monoisotopic (exact) mass is 261 g/mol. The first-order valence-corrected chi connectivity index (χ1v) is 5.83. The molecule has 1 saturated heterocycles. The number of hydrogen-bond donors (Lipinski definition) is 1. The van der Waals surface area contributed by atoms with Gasteiger partial charge in [-0.25, -0.2) is 0 Å². The van der Waals surface area contributed by atoms with Crippen molar-refractivity contribution in [2.24, 2.45) is 0 Å². The maximum atomic E-state index is 5.94. The average Bonchev–Trinajstić information content (AvgIpc) is 2.73. The Balaban J connectivity index is 0.00000128. The Kier molecular flexibility index (Phi) is 5.39. The molecule has 1 aromatic rings. The van der Waals surface area contributed by atoms with Crippen LogP contribution in [0.5, 0.6) is 5.75 Å². The lowest BCUT2D eigenvalue weighted by Crippen LogP contribution is -2.20. The Morgan fingerprint density at radius 2 is 2.31 bits per heavy atom. The first-order valence-electron chi connectivity index (χ1n) is 5.45. The highest BCUT2D eigenvalue weighted by Crippen LogP contribution is 2.25. The maximum Gasteiger partial charge on any atom is 0.123 e. The lowest BCUT2D eigenvalue weighted by atomic mass is 10.1. The lowest BCUT2D eigenvalue weighted by molar-refractivity contribution is 0.221. The molecule has 1 heterocycles. The first-order chi connectivity index (χ1) is 7.29. The highest BCUT2D eigenvalue weighted by Gasteiger charge is 2.16. The van der Waals surface area contributed by atoms with Crippen molar-refractivity contribution in [2.45, 2.75) is 25.9 Å². The summed E-state index contributed by atoms with van der Waals surface area (Å²) in [5.41, 5.74) is 1.19. The van der Waals surface area contributed by atoms with Crippen LogP contribution in [0.1, 0.15) is 18.9 Å². The van der Waals surface area contributed by atoms with E-state index in [4.69, 9.17) is 16.3 Å². The van der Waals surface area contributed by atoms with Gasteiger partial charge in [-0.15, -0.1) is 12.4 Å². The number of rotatable bonds is 3. The molecule has 90 valence electrons. The van der Waals surface area contributed by atoms with E-state index in [9.17, 15) is 0 Å². The summed E-state index contributed by atoms with van der Waals surface area (Å²) in [7, 11) is 0. The normalized spacial score (nSPS) is 19.2. The molecule has 1 N–H and O–H groups in total. The van der Waals surface area contributed by atoms with Crippen LogP contribution >= 0.6 is 24.0 Å². The zero-order chi connectivity index (χ0) is 10.7. The fraction of sp³-hybridized carbons (Fsp3) is 0.500. The molecule has 2 nitrogen and oxygen atoms in total. The van der Waals surface area contributed by atoms with Crippen LogP contribution in [0.2, 0.25) is 5.02 Å². The van der Waals surface area contributed by atoms with E-state index in [0.717, 1.165) is 36.7 Å². The van der Waals surface area contributed by atoms with Crippen LogP contribution in [0.15, 0.2) is 18.2 Å². The molecular weight excluding hydrogens is 245 g/mol. The molecule has 0 amide bonds. The smallest absolute Gasteiger partial charge is 0.123 e. The summed E-state index contributed by atoms with van der Waals surface area (Å²) in [6.45, 7) is 4.12. The minimum atomic E-state index is 0. The topological polar surface area (TPSA) is 21.3 Å². The van der Waals surface area contributed by atoms with Crippen molar-refractivity contribution in [1.82, 2.24) is 5.32 Å². The summed E-state index contributed by atoms with van der Waals surface area (Å²) in [6, 6.07) is 5.84. The van der Waals surface area contributed by atoms with Crippen LogP contribution < -0.4 is 10.1 Å². The van der Waals surface area contributed by atoms with Gasteiger partial charge in [0.25, 0.3) is 0 Å². The van der Waals surface area contributed by atoms with Crippen LogP contribution in [0.4, 0.5) is 0 Å². The maximum absolute atomic E-state index is 5.94. The fourth-order valence-corrected chi connectivity index (χ4v) is 2.04. The molecule has 16 heavy (non-hydrogen) atoms. The number of halogens is 2. The van der Waals surface area contributed by atoms with Crippen molar-refractivity contribution < 1.29 is 4.74 Å². The zero-order valence-electron chi connectivity index (χ0n) is 9.33. The molecule has 1 fully saturated rings. The fourth-order valence-electron chi connectivity index (χ4n) is 1.85. The van der Waals surface area contributed by atoms with Crippen LogP contribution in [0, 0.1) is 0 Å². The van der Waals surface area contributed by atoms with Crippen LogP contribution in [-0.2, 0) is 6.42 Å². The molecule has 1 unspecified atom stereocenters. The lowest BCUT2D eigenvalue weighted by Gasteiger charge is -2.15. The molecule has 1 aromatic carbocycles. The Morgan fingerprint density at radius 1 is 1.50 bits per heavy atom. The highest BCUT2D eigenvalue weighted by molar-refractivity contribution is 6.30. The van der Waals surface area contributed by atoms with Gasteiger partial charge < -0.3 is 10.1 Å². The van der Waals surface area contributed by atoms with Gasteiger partial charge in [0.2, 0.25) is 0 Å². The van der Waals surface area contributed by atoms with Crippen LogP contribution in [-0.4, -0.2) is 19.2 Å². The van der Waals surface area contributed by atoms with E-state index in [2.05, 4.69) is 12.2 Å². The zero-order valence-corrected chi connectivity index (χ0v) is 10.9. The SMILES string of the molecule is CCc1cc(Cl)ccc1OC1CCNC1.Cl. The molecule has 0 aromatic heterocycles. The largest absolute Gasteiger partial charge is 0.489 e. The van der Waals surface area contributed by atoms with Crippen molar-refractivity contribution in [1.29, 1.82) is 0 Å². The third-order valence-electron chi connectivity index (χ3n) is 2.71. The summed E-state index contributed by atoms with van der Waals surface area (Å²) >= 11 is 5.94. The van der Waals surface area contributed by atoms with Crippen molar-refractivity contribution in [3.05, 3.63) is 28.8 Å². The molecule has 0 saturated carbocycles. The molecule has 1 atom stereocenters. The number of ether oxygens (including phenoxy) is 1. The average molecular weight is 262 g/mol. The van der Waals surface area contributed by atoms with E-state index < -0.39 is 0 Å². The molecule has 2 rings (SSSR count). The Hall–Kier alpha value is -0.440. The van der Waals surface area contributed by atoms with E-state index in [-0.39, 0.29) is 12.4 Å². The highest BCUT2D eigenvalue weighted by atomic mass is 35.5. The molecule has 4 heteroatoms. The van der Waals surface area contributed by atoms with Gasteiger partial charge in [-0.2, -0.15) is 0 Å². The van der Waals surface area contributed by atoms with E-state index in [1.165, 1.54) is 5.56 Å². The summed E-state index contributed by atoms with van der Waals surface area (Å²) in [5.74, 6) is 0.982. The second kappa shape index (κ2) is 6.33. The minimum absolute atomic E-state index is 0. The van der Waals surface area contributed by atoms with E-state index in [1.807, 2.05) is 18.2 Å². The van der Waals surface area contributed by atoms with Gasteiger partial charge in [-0.3, -0.25) is 0 Å². The standard InChI is InChI=1S/C12H16ClNO.ClH/c1-2-9-7-10(13)3-4-12(9)15-11-5-6-14-8-11;/h3-4,7,11,14H,2,5-6,8H2,1H3;1H. The molecule has 0 aliphatic carbocycles. The third-order valence-corrected chi connectivity index (χ3v) is 2.95. The van der Waals surface area contributed by atoms with Crippen molar-refractivity contribution in [2.75, 3.05) is 13.1 Å². The molecule has 0 radical (unpaired) electrons. The molecule has 1 aliphatic heterocycles. The third kappa shape index (κ3) is 3.27. The van der Waals surface area contributed by atoms with Crippen molar-refractivity contribution in [3.8, 4) is 5.75 Å². The van der Waals surface area contributed by atoms with Gasteiger partial charge >= 0.3 is 0 Å². The Bertz CT molecular complexity index is 338. The van der Waals surface area contributed by atoms with Gasteiger partial charge in [0, 0.05) is 11.6 Å². The van der Waals surface area contributed by atoms with E-state index in [0.29, 0.717) is 6.10 Å². The van der Waals surface area contributed by atoms with Gasteiger partial charge in [-0.1, -0.05) is 18.5 Å². The predicted octanol–water partition coefficient (Wildman–Crippen LogP) is 3.06. The van der Waals surface area contributed by atoms with Gasteiger partial charge in [0.1, 0.15) is 11.9 Å². The van der Waals surface area contributed by atoms with Gasteiger partial charge in [0.15, 0.2) is 0 Å². The molecule has 1 aliphatic rings.